The molecular weight excluding hydrogens is 231 g/mol. The molecule has 0 fully saturated rings. The maximum absolute atomic E-state index is 12.1. The Bertz CT molecular complexity index is 318. The summed E-state index contributed by atoms with van der Waals surface area (Å²) in [5, 5.41) is 0.845. The van der Waals surface area contributed by atoms with E-state index in [1.54, 1.807) is 12.1 Å². The van der Waals surface area contributed by atoms with Crippen molar-refractivity contribution in [3.8, 4) is 0 Å². The van der Waals surface area contributed by atoms with Crippen molar-refractivity contribution in [3.63, 3.8) is 0 Å². The largest absolute Gasteiger partial charge is 0.323 e. The summed E-state index contributed by atoms with van der Waals surface area (Å²) in [6.07, 6.45) is -2.49. The molecule has 0 spiro atoms. The number of nitrogens with two attached hydrogens (primary N) is 1. The van der Waals surface area contributed by atoms with Crippen LogP contribution in [0.15, 0.2) is 18.2 Å². The molecule has 2 N–H and O–H groups in total. The first-order chi connectivity index (χ1) is 6.50. The molecule has 0 aromatic heterocycles. The highest BCUT2D eigenvalue weighted by atomic mass is 35.5. The molecule has 1 rings (SSSR count). The van der Waals surface area contributed by atoms with Crippen LogP contribution in [0.4, 0.5) is 8.78 Å². The summed E-state index contributed by atoms with van der Waals surface area (Å²) < 4.78 is 24.3. The number of rotatable bonds is 3. The van der Waals surface area contributed by atoms with Crippen LogP contribution in [0.1, 0.15) is 5.56 Å². The van der Waals surface area contributed by atoms with Gasteiger partial charge in [-0.25, -0.2) is 8.78 Å². The normalized spacial score (nSPS) is 13.3. The van der Waals surface area contributed by atoms with Crippen molar-refractivity contribution in [2.75, 3.05) is 0 Å². The minimum atomic E-state index is -2.54. The molecule has 0 aliphatic rings. The molecule has 1 aromatic carbocycles. The van der Waals surface area contributed by atoms with Gasteiger partial charge in [0.25, 0.3) is 6.43 Å². The zero-order valence-corrected chi connectivity index (χ0v) is 8.69. The third-order valence-corrected chi connectivity index (χ3v) is 2.38. The second kappa shape index (κ2) is 4.91. The number of alkyl halides is 2. The van der Waals surface area contributed by atoms with E-state index in [-0.39, 0.29) is 6.42 Å². The first-order valence-electron chi connectivity index (χ1n) is 3.98. The average Bonchev–Trinajstić information content (AvgIpc) is 2.09. The minimum Gasteiger partial charge on any atom is -0.323 e. The number of benzene rings is 1. The van der Waals surface area contributed by atoms with Gasteiger partial charge in [-0.2, -0.15) is 0 Å². The molecule has 0 bridgehead atoms. The van der Waals surface area contributed by atoms with Gasteiger partial charge in [0, 0.05) is 10.0 Å². The lowest BCUT2D eigenvalue weighted by molar-refractivity contribution is 0.116. The molecule has 5 heteroatoms. The van der Waals surface area contributed by atoms with Gasteiger partial charge in [0.2, 0.25) is 0 Å². The zero-order chi connectivity index (χ0) is 10.7. The van der Waals surface area contributed by atoms with Gasteiger partial charge >= 0.3 is 0 Å². The van der Waals surface area contributed by atoms with Gasteiger partial charge in [-0.1, -0.05) is 29.3 Å². The number of halogens is 4. The summed E-state index contributed by atoms with van der Waals surface area (Å²) >= 11 is 11.4. The van der Waals surface area contributed by atoms with Gasteiger partial charge in [0.05, 0.1) is 6.04 Å². The zero-order valence-electron chi connectivity index (χ0n) is 7.18. The Morgan fingerprint density at radius 2 is 1.93 bits per heavy atom. The second-order valence-corrected chi connectivity index (χ2v) is 3.78. The molecular formula is C9H9Cl2F2N. The van der Waals surface area contributed by atoms with E-state index in [9.17, 15) is 8.78 Å². The van der Waals surface area contributed by atoms with Crippen LogP contribution in [-0.2, 0) is 6.42 Å². The van der Waals surface area contributed by atoms with E-state index >= 15 is 0 Å². The predicted octanol–water partition coefficient (Wildman–Crippen LogP) is 3.13. The van der Waals surface area contributed by atoms with E-state index in [2.05, 4.69) is 0 Å². The van der Waals surface area contributed by atoms with Crippen LogP contribution in [0.25, 0.3) is 0 Å². The van der Waals surface area contributed by atoms with Gasteiger partial charge in [0.1, 0.15) is 0 Å². The Balaban J connectivity index is 2.77. The lowest BCUT2D eigenvalue weighted by atomic mass is 10.1. The average molecular weight is 240 g/mol. The molecule has 1 unspecified atom stereocenters. The predicted molar refractivity (Wildman–Crippen MR) is 54.1 cm³/mol. The lowest BCUT2D eigenvalue weighted by Crippen LogP contribution is -2.30. The maximum atomic E-state index is 12.1. The molecule has 0 heterocycles. The summed E-state index contributed by atoms with van der Waals surface area (Å²) in [6.45, 7) is 0. The van der Waals surface area contributed by atoms with Crippen molar-refractivity contribution < 1.29 is 8.78 Å². The molecule has 0 saturated carbocycles. The van der Waals surface area contributed by atoms with Crippen LogP contribution in [0, 0.1) is 0 Å². The van der Waals surface area contributed by atoms with E-state index in [1.807, 2.05) is 0 Å². The van der Waals surface area contributed by atoms with Gasteiger partial charge in [-0.3, -0.25) is 0 Å². The Morgan fingerprint density at radius 3 is 2.43 bits per heavy atom. The third kappa shape index (κ3) is 3.08. The highest BCUT2D eigenvalue weighted by Crippen LogP contribution is 2.22. The van der Waals surface area contributed by atoms with Gasteiger partial charge in [-0.15, -0.1) is 0 Å². The van der Waals surface area contributed by atoms with Gasteiger partial charge < -0.3 is 5.73 Å². The van der Waals surface area contributed by atoms with Crippen molar-refractivity contribution in [1.82, 2.24) is 0 Å². The summed E-state index contributed by atoms with van der Waals surface area (Å²) in [4.78, 5) is 0. The number of hydrogen-bond donors (Lipinski definition) is 1. The van der Waals surface area contributed by atoms with Gasteiger partial charge in [0.15, 0.2) is 0 Å². The first kappa shape index (κ1) is 11.7. The van der Waals surface area contributed by atoms with Crippen molar-refractivity contribution in [2.45, 2.75) is 18.9 Å². The van der Waals surface area contributed by atoms with Crippen molar-refractivity contribution in [3.05, 3.63) is 33.8 Å². The van der Waals surface area contributed by atoms with Crippen LogP contribution in [0.2, 0.25) is 10.0 Å². The molecule has 0 amide bonds. The van der Waals surface area contributed by atoms with Crippen LogP contribution < -0.4 is 5.73 Å². The maximum Gasteiger partial charge on any atom is 0.253 e. The second-order valence-electron chi connectivity index (χ2n) is 2.94. The molecule has 0 radical (unpaired) electrons. The Labute approximate surface area is 90.8 Å². The third-order valence-electron chi connectivity index (χ3n) is 1.79. The van der Waals surface area contributed by atoms with Gasteiger partial charge in [-0.05, 0) is 24.1 Å². The monoisotopic (exact) mass is 239 g/mol. The molecule has 1 atom stereocenters. The molecule has 78 valence electrons. The van der Waals surface area contributed by atoms with E-state index in [4.69, 9.17) is 28.9 Å². The van der Waals surface area contributed by atoms with E-state index in [1.165, 1.54) is 6.07 Å². The molecule has 14 heavy (non-hydrogen) atoms. The first-order valence-corrected chi connectivity index (χ1v) is 4.74. The molecule has 0 aliphatic carbocycles. The van der Waals surface area contributed by atoms with Crippen LogP contribution in [0.5, 0.6) is 0 Å². The summed E-state index contributed by atoms with van der Waals surface area (Å²) in [6, 6.07) is 3.53. The number of hydrogen-bond acceptors (Lipinski definition) is 1. The Kier molecular flexibility index (Phi) is 4.11. The highest BCUT2D eigenvalue weighted by Gasteiger charge is 2.16. The van der Waals surface area contributed by atoms with Crippen LogP contribution in [-0.4, -0.2) is 12.5 Å². The van der Waals surface area contributed by atoms with E-state index < -0.39 is 12.5 Å². The van der Waals surface area contributed by atoms with E-state index in [0.717, 1.165) is 0 Å². The molecule has 0 aliphatic heterocycles. The van der Waals surface area contributed by atoms with Crippen LogP contribution in [0.3, 0.4) is 0 Å². The Morgan fingerprint density at radius 1 is 1.29 bits per heavy atom. The molecule has 0 saturated heterocycles. The van der Waals surface area contributed by atoms with Crippen molar-refractivity contribution >= 4 is 23.2 Å². The summed E-state index contributed by atoms with van der Waals surface area (Å²) in [7, 11) is 0. The highest BCUT2D eigenvalue weighted by molar-refractivity contribution is 6.35. The fourth-order valence-corrected chi connectivity index (χ4v) is 1.52. The summed E-state index contributed by atoms with van der Waals surface area (Å²) in [5.74, 6) is 0. The summed E-state index contributed by atoms with van der Waals surface area (Å²) in [5.41, 5.74) is 5.80. The van der Waals surface area contributed by atoms with E-state index in [0.29, 0.717) is 15.6 Å². The standard InChI is InChI=1S/C9H9Cl2F2N/c10-6-2-1-5(7(11)4-6)3-8(14)9(12)13/h1-2,4,8-9H,3,14H2. The van der Waals surface area contributed by atoms with Crippen molar-refractivity contribution in [2.24, 2.45) is 5.73 Å². The quantitative estimate of drug-likeness (QED) is 0.862. The minimum absolute atomic E-state index is 0.0493. The Hall–Kier alpha value is -0.380. The fraction of sp³-hybridized carbons (Fsp3) is 0.333. The smallest absolute Gasteiger partial charge is 0.253 e. The molecule has 1 nitrogen and oxygen atoms in total. The van der Waals surface area contributed by atoms with Crippen molar-refractivity contribution in [1.29, 1.82) is 0 Å². The van der Waals surface area contributed by atoms with Crippen LogP contribution >= 0.6 is 23.2 Å². The fourth-order valence-electron chi connectivity index (χ4n) is 1.03. The topological polar surface area (TPSA) is 26.0 Å². The SMILES string of the molecule is NC(Cc1ccc(Cl)cc1Cl)C(F)F. The lowest BCUT2D eigenvalue weighted by Gasteiger charge is -2.11. The molecule has 1 aromatic rings.